The van der Waals surface area contributed by atoms with E-state index in [1.807, 2.05) is 55.4 Å². The van der Waals surface area contributed by atoms with Crippen LogP contribution in [0.5, 0.6) is 5.75 Å². The van der Waals surface area contributed by atoms with Gasteiger partial charge in [-0.3, -0.25) is 14.4 Å². The van der Waals surface area contributed by atoms with E-state index in [0.717, 1.165) is 17.0 Å². The molecular formula is C24H28N4O4. The second-order valence-corrected chi connectivity index (χ2v) is 8.35. The van der Waals surface area contributed by atoms with Gasteiger partial charge >= 0.3 is 0 Å². The van der Waals surface area contributed by atoms with Gasteiger partial charge in [0, 0.05) is 44.9 Å². The standard InChI is InChI=1S/C24H28N4O4/c1-26(2)18-8-6-17(7-9-18)23(30)27-12-13-28-21(15-27)22(29)25-20(24(28)31)14-16-4-10-19(32-3)11-5-16/h4-11,20-21H,12-15H2,1-3H3,(H,25,29)/t20-,21+/m0/s1. The van der Waals surface area contributed by atoms with Crippen LogP contribution in [0.15, 0.2) is 48.5 Å². The molecular weight excluding hydrogens is 408 g/mol. The average molecular weight is 437 g/mol. The van der Waals surface area contributed by atoms with Gasteiger partial charge in [-0.15, -0.1) is 0 Å². The molecule has 8 heteroatoms. The Hall–Kier alpha value is -3.55. The van der Waals surface area contributed by atoms with E-state index < -0.39 is 12.1 Å². The fraction of sp³-hybridized carbons (Fsp3) is 0.375. The zero-order valence-corrected chi connectivity index (χ0v) is 18.6. The monoisotopic (exact) mass is 436 g/mol. The first kappa shape index (κ1) is 21.7. The Morgan fingerprint density at radius 2 is 1.75 bits per heavy atom. The number of carbonyl (C=O) groups is 3. The van der Waals surface area contributed by atoms with Gasteiger partial charge in [-0.05, 0) is 42.0 Å². The number of rotatable bonds is 5. The third-order valence-corrected chi connectivity index (χ3v) is 6.10. The summed E-state index contributed by atoms with van der Waals surface area (Å²) in [5.41, 5.74) is 2.52. The van der Waals surface area contributed by atoms with E-state index >= 15 is 0 Å². The van der Waals surface area contributed by atoms with E-state index in [-0.39, 0.29) is 24.3 Å². The molecule has 0 radical (unpaired) electrons. The molecule has 4 rings (SSSR count). The third kappa shape index (κ3) is 4.26. The molecule has 1 N–H and O–H groups in total. The topological polar surface area (TPSA) is 82.2 Å². The lowest BCUT2D eigenvalue weighted by Crippen LogP contribution is -2.70. The van der Waals surface area contributed by atoms with Gasteiger partial charge in [-0.2, -0.15) is 0 Å². The highest BCUT2D eigenvalue weighted by molar-refractivity contribution is 5.99. The maximum Gasteiger partial charge on any atom is 0.254 e. The molecule has 2 atom stereocenters. The van der Waals surface area contributed by atoms with E-state index in [1.54, 1.807) is 29.0 Å². The van der Waals surface area contributed by atoms with Crippen LogP contribution in [-0.4, -0.2) is 80.4 Å². The molecule has 2 fully saturated rings. The number of nitrogens with zero attached hydrogens (tertiary/aromatic N) is 3. The fourth-order valence-corrected chi connectivity index (χ4v) is 4.21. The lowest BCUT2D eigenvalue weighted by molar-refractivity contribution is -0.152. The molecule has 2 saturated heterocycles. The summed E-state index contributed by atoms with van der Waals surface area (Å²) < 4.78 is 5.17. The maximum atomic E-state index is 13.1. The first-order valence-electron chi connectivity index (χ1n) is 10.7. The van der Waals surface area contributed by atoms with Gasteiger partial charge in [0.2, 0.25) is 11.8 Å². The zero-order chi connectivity index (χ0) is 22.8. The summed E-state index contributed by atoms with van der Waals surface area (Å²) in [7, 11) is 5.48. The Balaban J connectivity index is 1.42. The second kappa shape index (κ2) is 8.90. The number of carbonyl (C=O) groups excluding carboxylic acids is 3. The van der Waals surface area contributed by atoms with Crippen LogP contribution in [0.4, 0.5) is 5.69 Å². The third-order valence-electron chi connectivity index (χ3n) is 6.10. The Morgan fingerprint density at radius 1 is 1.06 bits per heavy atom. The van der Waals surface area contributed by atoms with Gasteiger partial charge in [0.25, 0.3) is 5.91 Å². The van der Waals surface area contributed by atoms with E-state index in [1.165, 1.54) is 0 Å². The number of benzene rings is 2. The van der Waals surface area contributed by atoms with Crippen molar-refractivity contribution in [1.82, 2.24) is 15.1 Å². The minimum Gasteiger partial charge on any atom is -0.497 e. The predicted molar refractivity (Wildman–Crippen MR) is 121 cm³/mol. The molecule has 32 heavy (non-hydrogen) atoms. The summed E-state index contributed by atoms with van der Waals surface area (Å²) in [4.78, 5) is 44.1. The fourth-order valence-electron chi connectivity index (χ4n) is 4.21. The second-order valence-electron chi connectivity index (χ2n) is 8.35. The minimum absolute atomic E-state index is 0.104. The SMILES string of the molecule is COc1ccc(C[C@@H]2NC(=O)[C@H]3CN(C(=O)c4ccc(N(C)C)cc4)CCN3C2=O)cc1. The van der Waals surface area contributed by atoms with Crippen molar-refractivity contribution in [2.75, 3.05) is 45.7 Å². The normalized spacial score (nSPS) is 20.5. The van der Waals surface area contributed by atoms with E-state index in [2.05, 4.69) is 5.32 Å². The Bertz CT molecular complexity index is 1000. The summed E-state index contributed by atoms with van der Waals surface area (Å²) in [6, 6.07) is 13.6. The van der Waals surface area contributed by atoms with Crippen molar-refractivity contribution in [3.8, 4) is 5.75 Å². The van der Waals surface area contributed by atoms with Crippen LogP contribution in [0.25, 0.3) is 0 Å². The van der Waals surface area contributed by atoms with Crippen molar-refractivity contribution in [2.45, 2.75) is 18.5 Å². The zero-order valence-electron chi connectivity index (χ0n) is 18.6. The molecule has 2 aromatic carbocycles. The number of amides is 3. The number of nitrogens with one attached hydrogen (secondary N) is 1. The van der Waals surface area contributed by atoms with Crippen molar-refractivity contribution >= 4 is 23.4 Å². The average Bonchev–Trinajstić information content (AvgIpc) is 2.82. The number of methoxy groups -OCH3 is 1. The first-order chi connectivity index (χ1) is 15.4. The number of hydrogen-bond acceptors (Lipinski definition) is 5. The molecule has 2 aromatic rings. The van der Waals surface area contributed by atoms with Crippen LogP contribution in [0.3, 0.4) is 0 Å². The molecule has 2 aliphatic rings. The van der Waals surface area contributed by atoms with E-state index in [9.17, 15) is 14.4 Å². The Kier molecular flexibility index (Phi) is 6.03. The van der Waals surface area contributed by atoms with Crippen LogP contribution in [-0.2, 0) is 16.0 Å². The largest absolute Gasteiger partial charge is 0.497 e. The highest BCUT2D eigenvalue weighted by Crippen LogP contribution is 2.21. The van der Waals surface area contributed by atoms with Gasteiger partial charge in [-0.1, -0.05) is 12.1 Å². The van der Waals surface area contributed by atoms with Crippen molar-refractivity contribution in [3.63, 3.8) is 0 Å². The number of hydrogen-bond donors (Lipinski definition) is 1. The lowest BCUT2D eigenvalue weighted by atomic mass is 9.98. The predicted octanol–water partition coefficient (Wildman–Crippen LogP) is 1.16. The van der Waals surface area contributed by atoms with Gasteiger partial charge in [0.1, 0.15) is 17.8 Å². The molecule has 3 amide bonds. The Morgan fingerprint density at radius 3 is 2.38 bits per heavy atom. The van der Waals surface area contributed by atoms with Crippen molar-refractivity contribution in [3.05, 3.63) is 59.7 Å². The molecule has 168 valence electrons. The smallest absolute Gasteiger partial charge is 0.254 e. The summed E-state index contributed by atoms with van der Waals surface area (Å²) >= 11 is 0. The van der Waals surface area contributed by atoms with Crippen LogP contribution >= 0.6 is 0 Å². The molecule has 0 saturated carbocycles. The van der Waals surface area contributed by atoms with Crippen LogP contribution in [0, 0.1) is 0 Å². The number of piperazine rings is 2. The number of ether oxygens (including phenoxy) is 1. The van der Waals surface area contributed by atoms with Gasteiger partial charge in [0.05, 0.1) is 13.7 Å². The van der Waals surface area contributed by atoms with Gasteiger partial charge in [-0.25, -0.2) is 0 Å². The quantitative estimate of drug-likeness (QED) is 0.761. The molecule has 0 aromatic heterocycles. The Labute approximate surface area is 187 Å². The summed E-state index contributed by atoms with van der Waals surface area (Å²) in [6.07, 6.45) is 0.415. The van der Waals surface area contributed by atoms with Crippen LogP contribution in [0.2, 0.25) is 0 Å². The molecule has 2 heterocycles. The molecule has 8 nitrogen and oxygen atoms in total. The molecule has 2 aliphatic heterocycles. The van der Waals surface area contributed by atoms with E-state index in [4.69, 9.17) is 4.74 Å². The number of fused-ring (bicyclic) bond motifs is 1. The molecule has 0 bridgehead atoms. The summed E-state index contributed by atoms with van der Waals surface area (Å²) in [5, 5.41) is 2.86. The maximum absolute atomic E-state index is 13.1. The highest BCUT2D eigenvalue weighted by Gasteiger charge is 2.44. The van der Waals surface area contributed by atoms with Crippen molar-refractivity contribution in [2.24, 2.45) is 0 Å². The molecule has 0 spiro atoms. The lowest BCUT2D eigenvalue weighted by Gasteiger charge is -2.45. The number of anilines is 1. The van der Waals surface area contributed by atoms with Crippen molar-refractivity contribution < 1.29 is 19.1 Å². The van der Waals surface area contributed by atoms with E-state index in [0.29, 0.717) is 25.1 Å². The molecule has 0 aliphatic carbocycles. The van der Waals surface area contributed by atoms with Crippen LogP contribution in [0.1, 0.15) is 15.9 Å². The van der Waals surface area contributed by atoms with Crippen LogP contribution < -0.4 is 15.0 Å². The summed E-state index contributed by atoms with van der Waals surface area (Å²) in [5.74, 6) is 0.289. The summed E-state index contributed by atoms with van der Waals surface area (Å²) in [6.45, 7) is 0.942. The minimum atomic E-state index is -0.659. The van der Waals surface area contributed by atoms with Gasteiger partial charge in [0.15, 0.2) is 0 Å². The van der Waals surface area contributed by atoms with Gasteiger partial charge < -0.3 is 24.8 Å². The van der Waals surface area contributed by atoms with Crippen molar-refractivity contribution in [1.29, 1.82) is 0 Å². The highest BCUT2D eigenvalue weighted by atomic mass is 16.5. The first-order valence-corrected chi connectivity index (χ1v) is 10.7. The molecule has 0 unspecified atom stereocenters.